The Morgan fingerprint density at radius 1 is 0.733 bits per heavy atom. The predicted octanol–water partition coefficient (Wildman–Crippen LogP) is 2.62. The third-order valence-electron chi connectivity index (χ3n) is 4.78. The standard InChI is InChI=1S/C13H24O2/c14-11-12(7-3-1-2-4-8-12)13(15)9-5-6-10-13/h14-15H,1-11H2. The molecule has 15 heavy (non-hydrogen) atoms. The van der Waals surface area contributed by atoms with E-state index in [-0.39, 0.29) is 12.0 Å². The zero-order valence-electron chi connectivity index (χ0n) is 9.67. The molecule has 0 heterocycles. The second-order valence-corrected chi connectivity index (χ2v) is 5.59. The molecule has 2 saturated carbocycles. The molecule has 2 nitrogen and oxygen atoms in total. The van der Waals surface area contributed by atoms with E-state index in [0.717, 1.165) is 38.5 Å². The highest BCUT2D eigenvalue weighted by atomic mass is 16.3. The van der Waals surface area contributed by atoms with E-state index >= 15 is 0 Å². The van der Waals surface area contributed by atoms with Crippen LogP contribution in [0, 0.1) is 5.41 Å². The molecule has 0 atom stereocenters. The summed E-state index contributed by atoms with van der Waals surface area (Å²) in [4.78, 5) is 0. The van der Waals surface area contributed by atoms with Gasteiger partial charge >= 0.3 is 0 Å². The van der Waals surface area contributed by atoms with Crippen molar-refractivity contribution in [2.75, 3.05) is 6.61 Å². The summed E-state index contributed by atoms with van der Waals surface area (Å²) < 4.78 is 0. The quantitative estimate of drug-likeness (QED) is 0.691. The first kappa shape index (κ1) is 11.4. The van der Waals surface area contributed by atoms with Gasteiger partial charge in [-0.05, 0) is 25.7 Å². The van der Waals surface area contributed by atoms with E-state index in [1.165, 1.54) is 25.7 Å². The van der Waals surface area contributed by atoms with Gasteiger partial charge < -0.3 is 10.2 Å². The van der Waals surface area contributed by atoms with Gasteiger partial charge in [-0.25, -0.2) is 0 Å². The van der Waals surface area contributed by atoms with Crippen LogP contribution in [0.5, 0.6) is 0 Å². The number of aliphatic hydroxyl groups excluding tert-OH is 1. The van der Waals surface area contributed by atoms with Crippen LogP contribution in [0.15, 0.2) is 0 Å². The van der Waals surface area contributed by atoms with Crippen LogP contribution in [0.3, 0.4) is 0 Å². The molecule has 0 spiro atoms. The van der Waals surface area contributed by atoms with Gasteiger partial charge in [-0.2, -0.15) is 0 Å². The average molecular weight is 212 g/mol. The topological polar surface area (TPSA) is 40.5 Å². The molecule has 0 aromatic rings. The molecule has 0 amide bonds. The van der Waals surface area contributed by atoms with Crippen LogP contribution >= 0.6 is 0 Å². The first-order chi connectivity index (χ1) is 7.22. The SMILES string of the molecule is OCC1(C2(O)CCCC2)CCCCCC1. The Bertz CT molecular complexity index is 199. The lowest BCUT2D eigenvalue weighted by atomic mass is 9.66. The minimum absolute atomic E-state index is 0.167. The molecule has 2 heteroatoms. The summed E-state index contributed by atoms with van der Waals surface area (Å²) in [7, 11) is 0. The van der Waals surface area contributed by atoms with Crippen molar-refractivity contribution < 1.29 is 10.2 Å². The molecule has 0 bridgehead atoms. The van der Waals surface area contributed by atoms with Crippen LogP contribution in [0.25, 0.3) is 0 Å². The maximum atomic E-state index is 10.7. The van der Waals surface area contributed by atoms with Crippen LogP contribution in [-0.4, -0.2) is 22.4 Å². The smallest absolute Gasteiger partial charge is 0.0725 e. The van der Waals surface area contributed by atoms with Gasteiger partial charge in [0.25, 0.3) is 0 Å². The Morgan fingerprint density at radius 2 is 1.20 bits per heavy atom. The van der Waals surface area contributed by atoms with E-state index in [2.05, 4.69) is 0 Å². The molecular formula is C13H24O2. The summed E-state index contributed by atoms with van der Waals surface area (Å²) in [6.07, 6.45) is 11.1. The molecule has 0 unspecified atom stereocenters. The normalized spacial score (nSPS) is 30.0. The summed E-state index contributed by atoms with van der Waals surface area (Å²) in [5.41, 5.74) is -0.716. The van der Waals surface area contributed by atoms with Crippen molar-refractivity contribution >= 4 is 0 Å². The van der Waals surface area contributed by atoms with Crippen molar-refractivity contribution in [2.45, 2.75) is 69.8 Å². The fraction of sp³-hybridized carbons (Fsp3) is 1.00. The highest BCUT2D eigenvalue weighted by Crippen LogP contribution is 2.50. The Hall–Kier alpha value is -0.0800. The lowest BCUT2D eigenvalue weighted by Crippen LogP contribution is -2.48. The molecule has 88 valence electrons. The first-order valence-electron chi connectivity index (χ1n) is 6.56. The van der Waals surface area contributed by atoms with E-state index in [1.54, 1.807) is 0 Å². The van der Waals surface area contributed by atoms with Gasteiger partial charge in [0.05, 0.1) is 12.2 Å². The minimum Gasteiger partial charge on any atom is -0.396 e. The van der Waals surface area contributed by atoms with Crippen molar-refractivity contribution in [3.63, 3.8) is 0 Å². The number of rotatable bonds is 2. The fourth-order valence-corrected chi connectivity index (χ4v) is 3.67. The number of hydrogen-bond donors (Lipinski definition) is 2. The van der Waals surface area contributed by atoms with Crippen LogP contribution < -0.4 is 0 Å². The first-order valence-corrected chi connectivity index (χ1v) is 6.56. The van der Waals surface area contributed by atoms with Gasteiger partial charge in [0, 0.05) is 5.41 Å². The van der Waals surface area contributed by atoms with Crippen LogP contribution in [-0.2, 0) is 0 Å². The van der Waals surface area contributed by atoms with E-state index in [9.17, 15) is 10.2 Å². The maximum absolute atomic E-state index is 10.7. The molecule has 0 saturated heterocycles. The summed E-state index contributed by atoms with van der Waals surface area (Å²) in [5, 5.41) is 20.5. The summed E-state index contributed by atoms with van der Waals surface area (Å²) in [5.74, 6) is 0. The van der Waals surface area contributed by atoms with Gasteiger partial charge in [-0.15, -0.1) is 0 Å². The van der Waals surface area contributed by atoms with Gasteiger partial charge in [-0.3, -0.25) is 0 Å². The lowest BCUT2D eigenvalue weighted by molar-refractivity contribution is -0.113. The third kappa shape index (κ3) is 1.94. The molecule has 2 aliphatic rings. The number of aliphatic hydroxyl groups is 2. The van der Waals surface area contributed by atoms with Gasteiger partial charge in [-0.1, -0.05) is 38.5 Å². The largest absolute Gasteiger partial charge is 0.396 e. The minimum atomic E-state index is -0.550. The lowest BCUT2D eigenvalue weighted by Gasteiger charge is -2.44. The average Bonchev–Trinajstić information content (AvgIpc) is 2.57. The second kappa shape index (κ2) is 4.42. The predicted molar refractivity (Wildman–Crippen MR) is 60.6 cm³/mol. The summed E-state index contributed by atoms with van der Waals surface area (Å²) >= 11 is 0. The second-order valence-electron chi connectivity index (χ2n) is 5.59. The Kier molecular flexibility index (Phi) is 3.36. The fourth-order valence-electron chi connectivity index (χ4n) is 3.67. The zero-order valence-corrected chi connectivity index (χ0v) is 9.67. The molecule has 0 aromatic heterocycles. The Morgan fingerprint density at radius 3 is 1.67 bits per heavy atom. The monoisotopic (exact) mass is 212 g/mol. The van der Waals surface area contributed by atoms with Gasteiger partial charge in [0.2, 0.25) is 0 Å². The van der Waals surface area contributed by atoms with E-state index in [4.69, 9.17) is 0 Å². The van der Waals surface area contributed by atoms with Crippen LogP contribution in [0.2, 0.25) is 0 Å². The number of hydrogen-bond acceptors (Lipinski definition) is 2. The highest BCUT2D eigenvalue weighted by molar-refractivity contribution is 5.01. The molecule has 2 rings (SSSR count). The molecule has 2 aliphatic carbocycles. The van der Waals surface area contributed by atoms with Crippen molar-refractivity contribution in [3.05, 3.63) is 0 Å². The summed E-state index contributed by atoms with van der Waals surface area (Å²) in [6, 6.07) is 0. The van der Waals surface area contributed by atoms with Gasteiger partial charge in [0.15, 0.2) is 0 Å². The Balaban J connectivity index is 2.17. The zero-order chi connectivity index (χ0) is 10.8. The van der Waals surface area contributed by atoms with E-state index < -0.39 is 5.60 Å². The molecule has 2 N–H and O–H groups in total. The van der Waals surface area contributed by atoms with Crippen molar-refractivity contribution in [1.82, 2.24) is 0 Å². The molecule has 0 aliphatic heterocycles. The van der Waals surface area contributed by atoms with Crippen molar-refractivity contribution in [1.29, 1.82) is 0 Å². The molecule has 2 fully saturated rings. The summed E-state index contributed by atoms with van der Waals surface area (Å²) in [6.45, 7) is 0.184. The van der Waals surface area contributed by atoms with Crippen LogP contribution in [0.4, 0.5) is 0 Å². The van der Waals surface area contributed by atoms with E-state index in [0.29, 0.717) is 0 Å². The highest BCUT2D eigenvalue weighted by Gasteiger charge is 2.50. The van der Waals surface area contributed by atoms with Crippen molar-refractivity contribution in [2.24, 2.45) is 5.41 Å². The van der Waals surface area contributed by atoms with Crippen LogP contribution in [0.1, 0.15) is 64.2 Å². The van der Waals surface area contributed by atoms with Crippen molar-refractivity contribution in [3.8, 4) is 0 Å². The Labute approximate surface area is 92.7 Å². The third-order valence-corrected chi connectivity index (χ3v) is 4.78. The van der Waals surface area contributed by atoms with Gasteiger partial charge in [0.1, 0.15) is 0 Å². The molecule has 0 aromatic carbocycles. The molecule has 0 radical (unpaired) electrons. The van der Waals surface area contributed by atoms with E-state index in [1.807, 2.05) is 0 Å². The maximum Gasteiger partial charge on any atom is 0.0725 e. The molecular weight excluding hydrogens is 188 g/mol.